The van der Waals surface area contributed by atoms with Crippen molar-refractivity contribution in [2.24, 2.45) is 0 Å². The van der Waals surface area contributed by atoms with Gasteiger partial charge in [0.2, 0.25) is 0 Å². The molecule has 8 nitrogen and oxygen atoms in total. The molecule has 166 valence electrons. The van der Waals surface area contributed by atoms with Crippen LogP contribution in [0.1, 0.15) is 5.56 Å². The highest BCUT2D eigenvalue weighted by Gasteiger charge is 2.17. The number of nitro groups is 1. The molecule has 34 heavy (non-hydrogen) atoms. The molecule has 4 rings (SSSR count). The second-order valence-corrected chi connectivity index (χ2v) is 7.53. The van der Waals surface area contributed by atoms with Crippen molar-refractivity contribution in [3.8, 4) is 23.0 Å². The largest absolute Gasteiger partial charge is 0.320 e. The molecule has 0 radical (unpaired) electrons. The molecule has 1 N–H and O–H groups in total. The average molecular weight is 470 g/mol. The molecule has 0 aliphatic carbocycles. The Morgan fingerprint density at radius 2 is 1.76 bits per heavy atom. The molecule has 1 amide bonds. The van der Waals surface area contributed by atoms with Crippen LogP contribution >= 0.6 is 11.6 Å². The average Bonchev–Trinajstić information content (AvgIpc) is 3.28. The van der Waals surface area contributed by atoms with Gasteiger partial charge in [-0.25, -0.2) is 4.68 Å². The van der Waals surface area contributed by atoms with E-state index in [4.69, 9.17) is 11.6 Å². The van der Waals surface area contributed by atoms with E-state index in [2.05, 4.69) is 10.4 Å². The normalized spacial score (nSPS) is 11.0. The summed E-state index contributed by atoms with van der Waals surface area (Å²) in [6.45, 7) is 0. The topological polar surface area (TPSA) is 114 Å². The Morgan fingerprint density at radius 1 is 1.09 bits per heavy atom. The summed E-state index contributed by atoms with van der Waals surface area (Å²) in [5.41, 5.74) is 2.56. The second-order valence-electron chi connectivity index (χ2n) is 7.12. The number of nitriles is 1. The number of rotatable bonds is 6. The Kier molecular flexibility index (Phi) is 6.48. The summed E-state index contributed by atoms with van der Waals surface area (Å²) in [4.78, 5) is 23.1. The van der Waals surface area contributed by atoms with E-state index in [0.717, 1.165) is 17.3 Å². The first kappa shape index (κ1) is 22.5. The molecule has 1 aromatic heterocycles. The zero-order valence-corrected chi connectivity index (χ0v) is 18.3. The molecule has 0 unspecified atom stereocenters. The highest BCUT2D eigenvalue weighted by atomic mass is 35.5. The Balaban J connectivity index is 1.71. The number of aromatic nitrogens is 2. The molecule has 0 aliphatic rings. The Morgan fingerprint density at radius 3 is 2.38 bits per heavy atom. The number of hydrogen-bond acceptors (Lipinski definition) is 5. The van der Waals surface area contributed by atoms with Gasteiger partial charge in [0, 0.05) is 29.5 Å². The van der Waals surface area contributed by atoms with E-state index in [1.54, 1.807) is 10.9 Å². The molecular formula is C25H16ClN5O3. The molecule has 0 fully saturated rings. The maximum absolute atomic E-state index is 12.8. The zero-order chi connectivity index (χ0) is 24.1. The summed E-state index contributed by atoms with van der Waals surface area (Å²) in [6.07, 6.45) is 3.19. The molecule has 0 atom stereocenters. The van der Waals surface area contributed by atoms with Crippen LogP contribution in [0.15, 0.2) is 90.6 Å². The first-order valence-electron chi connectivity index (χ1n) is 10.0. The summed E-state index contributed by atoms with van der Waals surface area (Å²) in [7, 11) is 0. The molecule has 0 saturated carbocycles. The van der Waals surface area contributed by atoms with E-state index in [1.807, 2.05) is 66.7 Å². The smallest absolute Gasteiger partial charge is 0.271 e. The van der Waals surface area contributed by atoms with Crippen molar-refractivity contribution in [3.05, 3.63) is 111 Å². The molecule has 9 heteroatoms. The van der Waals surface area contributed by atoms with Crippen LogP contribution in [0.3, 0.4) is 0 Å². The minimum atomic E-state index is -0.704. The van der Waals surface area contributed by atoms with E-state index < -0.39 is 10.8 Å². The van der Waals surface area contributed by atoms with Gasteiger partial charge in [-0.1, -0.05) is 60.1 Å². The van der Waals surface area contributed by atoms with Crippen molar-refractivity contribution in [2.75, 3.05) is 5.32 Å². The third kappa shape index (κ3) is 4.85. The SMILES string of the molecule is N#CC(=Cc1cn(-c2ccccc2)nc1-c1ccccc1)C(=O)Nc1ccc([N+](=O)[O-])cc1Cl. The number of carbonyl (C=O) groups excluding carboxylic acids is 1. The molecule has 3 aromatic carbocycles. The van der Waals surface area contributed by atoms with Gasteiger partial charge in [0.1, 0.15) is 11.6 Å². The first-order valence-corrected chi connectivity index (χ1v) is 10.4. The lowest BCUT2D eigenvalue weighted by Gasteiger charge is -2.06. The van der Waals surface area contributed by atoms with Gasteiger partial charge in [0.25, 0.3) is 11.6 Å². The molecule has 0 saturated heterocycles. The number of hydrogen-bond donors (Lipinski definition) is 1. The highest BCUT2D eigenvalue weighted by Crippen LogP contribution is 2.28. The van der Waals surface area contributed by atoms with Gasteiger partial charge in [-0.05, 0) is 24.3 Å². The molecule has 0 bridgehead atoms. The van der Waals surface area contributed by atoms with Gasteiger partial charge < -0.3 is 5.32 Å². The lowest BCUT2D eigenvalue weighted by atomic mass is 10.1. The van der Waals surface area contributed by atoms with E-state index in [0.29, 0.717) is 11.3 Å². The number of nitrogens with zero attached hydrogens (tertiary/aromatic N) is 4. The minimum absolute atomic E-state index is 0.0123. The van der Waals surface area contributed by atoms with Crippen molar-refractivity contribution >= 4 is 35.0 Å². The van der Waals surface area contributed by atoms with Crippen LogP contribution in [0.25, 0.3) is 23.0 Å². The Labute approximate surface area is 199 Å². The van der Waals surface area contributed by atoms with Crippen molar-refractivity contribution in [2.45, 2.75) is 0 Å². The summed E-state index contributed by atoms with van der Waals surface area (Å²) in [5.74, 6) is -0.704. The highest BCUT2D eigenvalue weighted by molar-refractivity contribution is 6.34. The van der Waals surface area contributed by atoms with E-state index >= 15 is 0 Å². The van der Waals surface area contributed by atoms with E-state index in [9.17, 15) is 20.2 Å². The number of halogens is 1. The van der Waals surface area contributed by atoms with E-state index in [1.165, 1.54) is 18.2 Å². The maximum Gasteiger partial charge on any atom is 0.271 e. The second kappa shape index (κ2) is 9.81. The van der Waals surface area contributed by atoms with Crippen LogP contribution < -0.4 is 5.32 Å². The number of non-ortho nitro benzene ring substituents is 1. The number of anilines is 1. The molecule has 0 aliphatic heterocycles. The van der Waals surface area contributed by atoms with Crippen LogP contribution in [0, 0.1) is 21.4 Å². The molecular weight excluding hydrogens is 454 g/mol. The van der Waals surface area contributed by atoms with Gasteiger partial charge in [-0.3, -0.25) is 14.9 Å². The van der Waals surface area contributed by atoms with Gasteiger partial charge in [-0.15, -0.1) is 0 Å². The molecule has 4 aromatic rings. The van der Waals surface area contributed by atoms with Crippen LogP contribution in [0.4, 0.5) is 11.4 Å². The van der Waals surface area contributed by atoms with Crippen molar-refractivity contribution < 1.29 is 9.72 Å². The van der Waals surface area contributed by atoms with Crippen molar-refractivity contribution in [3.63, 3.8) is 0 Å². The standard InChI is InChI=1S/C25H16ClN5O3/c26-22-14-21(31(33)34)11-12-23(22)28-25(32)18(15-27)13-19-16-30(20-9-5-2-6-10-20)29-24(19)17-7-3-1-4-8-17/h1-14,16H,(H,28,32). The molecule has 0 spiro atoms. The lowest BCUT2D eigenvalue weighted by Crippen LogP contribution is -2.13. The number of nitro benzene ring substituents is 1. The third-order valence-corrected chi connectivity index (χ3v) is 5.20. The van der Waals surface area contributed by atoms with Gasteiger partial charge >= 0.3 is 0 Å². The Hall–Kier alpha value is -4.74. The van der Waals surface area contributed by atoms with Gasteiger partial charge in [0.15, 0.2) is 0 Å². The fourth-order valence-electron chi connectivity index (χ4n) is 3.24. The third-order valence-electron chi connectivity index (χ3n) is 4.89. The number of amides is 1. The summed E-state index contributed by atoms with van der Waals surface area (Å²) < 4.78 is 1.67. The molecule has 1 heterocycles. The predicted octanol–water partition coefficient (Wildman–Crippen LogP) is 5.65. The van der Waals surface area contributed by atoms with E-state index in [-0.39, 0.29) is 22.0 Å². The van der Waals surface area contributed by atoms with Crippen LogP contribution in [-0.2, 0) is 4.79 Å². The number of para-hydroxylation sites is 1. The van der Waals surface area contributed by atoms with Crippen molar-refractivity contribution in [1.29, 1.82) is 5.26 Å². The number of carbonyl (C=O) groups is 1. The zero-order valence-electron chi connectivity index (χ0n) is 17.6. The van der Waals surface area contributed by atoms with Crippen LogP contribution in [0.5, 0.6) is 0 Å². The quantitative estimate of drug-likeness (QED) is 0.170. The maximum atomic E-state index is 12.8. The predicted molar refractivity (Wildman–Crippen MR) is 129 cm³/mol. The summed E-state index contributed by atoms with van der Waals surface area (Å²) in [5, 5.41) is 27.8. The van der Waals surface area contributed by atoms with Gasteiger partial charge in [0.05, 0.1) is 27.0 Å². The minimum Gasteiger partial charge on any atom is -0.320 e. The fourth-order valence-corrected chi connectivity index (χ4v) is 3.46. The van der Waals surface area contributed by atoms with Crippen LogP contribution in [0.2, 0.25) is 5.02 Å². The first-order chi connectivity index (χ1) is 16.5. The monoisotopic (exact) mass is 469 g/mol. The summed E-state index contributed by atoms with van der Waals surface area (Å²) in [6, 6.07) is 24.4. The fraction of sp³-hybridized carbons (Fsp3) is 0. The lowest BCUT2D eigenvalue weighted by molar-refractivity contribution is -0.384. The van der Waals surface area contributed by atoms with Crippen LogP contribution in [-0.4, -0.2) is 20.6 Å². The van der Waals surface area contributed by atoms with Crippen molar-refractivity contribution in [1.82, 2.24) is 9.78 Å². The number of benzene rings is 3. The summed E-state index contributed by atoms with van der Waals surface area (Å²) >= 11 is 6.07. The number of nitrogens with one attached hydrogen (secondary N) is 1. The Bertz CT molecular complexity index is 1440. The van der Waals surface area contributed by atoms with Gasteiger partial charge in [-0.2, -0.15) is 10.4 Å².